The Bertz CT molecular complexity index is 777. The van der Waals surface area contributed by atoms with E-state index in [0.29, 0.717) is 39.4 Å². The molecule has 0 spiro atoms. The number of piperidine rings is 1. The minimum Gasteiger partial charge on any atom is -0.507 e. The summed E-state index contributed by atoms with van der Waals surface area (Å²) in [6.45, 7) is 7.74. The topological polar surface area (TPSA) is 106 Å². The molecule has 2 fully saturated rings. The van der Waals surface area contributed by atoms with Gasteiger partial charge in [0.05, 0.1) is 25.3 Å². The Morgan fingerprint density at radius 3 is 2.44 bits per heavy atom. The monoisotopic (exact) mass is 559 g/mol. The molecule has 2 saturated heterocycles. The van der Waals surface area contributed by atoms with Gasteiger partial charge in [0.15, 0.2) is 5.96 Å². The van der Waals surface area contributed by atoms with E-state index in [4.69, 9.17) is 4.74 Å². The van der Waals surface area contributed by atoms with Crippen molar-refractivity contribution in [2.45, 2.75) is 19.8 Å². The number of aliphatic imine (C=N–C) groups is 1. The third-order valence-electron chi connectivity index (χ3n) is 5.61. The molecule has 3 N–H and O–H groups in total. The summed E-state index contributed by atoms with van der Waals surface area (Å²) < 4.78 is 5.34. The molecule has 0 atom stereocenters. The van der Waals surface area contributed by atoms with Crippen LogP contribution in [-0.4, -0.2) is 91.7 Å². The van der Waals surface area contributed by atoms with Crippen molar-refractivity contribution < 1.29 is 19.4 Å². The Balaban J connectivity index is 0.00000363. The Morgan fingerprint density at radius 1 is 1.09 bits per heavy atom. The molecule has 0 unspecified atom stereocenters. The molecule has 2 heterocycles. The van der Waals surface area contributed by atoms with Crippen LogP contribution in [0.1, 0.15) is 30.1 Å². The number of hydrogen-bond acceptors (Lipinski definition) is 5. The second kappa shape index (κ2) is 13.5. The van der Waals surface area contributed by atoms with Gasteiger partial charge in [0.1, 0.15) is 5.75 Å². The summed E-state index contributed by atoms with van der Waals surface area (Å²) in [6.07, 6.45) is 1.62. The minimum absolute atomic E-state index is 0. The summed E-state index contributed by atoms with van der Waals surface area (Å²) >= 11 is 0. The van der Waals surface area contributed by atoms with Crippen molar-refractivity contribution in [3.63, 3.8) is 0 Å². The first kappa shape index (κ1) is 26.2. The van der Waals surface area contributed by atoms with Gasteiger partial charge in [0, 0.05) is 45.2 Å². The van der Waals surface area contributed by atoms with E-state index < -0.39 is 0 Å². The van der Waals surface area contributed by atoms with E-state index in [2.05, 4.69) is 20.5 Å². The number of carbonyl (C=O) groups is 2. The van der Waals surface area contributed by atoms with Gasteiger partial charge in [-0.1, -0.05) is 12.1 Å². The fourth-order valence-electron chi connectivity index (χ4n) is 3.90. The number of phenolic OH excluding ortho intramolecular Hbond substituents is 1. The Morgan fingerprint density at radius 2 is 1.78 bits per heavy atom. The van der Waals surface area contributed by atoms with Gasteiger partial charge >= 0.3 is 0 Å². The van der Waals surface area contributed by atoms with Crippen molar-refractivity contribution in [3.8, 4) is 5.75 Å². The molecule has 2 amide bonds. The predicted octanol–water partition coefficient (Wildman–Crippen LogP) is 1.28. The molecule has 32 heavy (non-hydrogen) atoms. The highest BCUT2D eigenvalue weighted by molar-refractivity contribution is 14.0. The zero-order valence-electron chi connectivity index (χ0n) is 18.6. The lowest BCUT2D eigenvalue weighted by Gasteiger charge is -2.36. The maximum absolute atomic E-state index is 12.7. The third kappa shape index (κ3) is 7.22. The van der Waals surface area contributed by atoms with Gasteiger partial charge in [-0.25, -0.2) is 0 Å². The van der Waals surface area contributed by atoms with Gasteiger partial charge in [-0.05, 0) is 31.9 Å². The Hall–Kier alpha value is -2.08. The number of phenols is 1. The van der Waals surface area contributed by atoms with Crippen LogP contribution in [0, 0.1) is 5.92 Å². The van der Waals surface area contributed by atoms with Crippen molar-refractivity contribution in [3.05, 3.63) is 29.8 Å². The largest absolute Gasteiger partial charge is 0.507 e. The smallest absolute Gasteiger partial charge is 0.255 e. The molecule has 9 nitrogen and oxygen atoms in total. The Kier molecular flexibility index (Phi) is 11.0. The van der Waals surface area contributed by atoms with Gasteiger partial charge in [-0.2, -0.15) is 0 Å². The fraction of sp³-hybridized carbons (Fsp3) is 0.591. The summed E-state index contributed by atoms with van der Waals surface area (Å²) in [6, 6.07) is 6.46. The van der Waals surface area contributed by atoms with Gasteiger partial charge in [-0.15, -0.1) is 24.0 Å². The zero-order valence-corrected chi connectivity index (χ0v) is 20.9. The number of morpholine rings is 1. The van der Waals surface area contributed by atoms with Gasteiger partial charge in [0.2, 0.25) is 5.91 Å². The molecule has 178 valence electrons. The fourth-order valence-corrected chi connectivity index (χ4v) is 3.90. The van der Waals surface area contributed by atoms with Crippen LogP contribution in [0.15, 0.2) is 29.3 Å². The van der Waals surface area contributed by atoms with Crippen LogP contribution in [0.4, 0.5) is 0 Å². The van der Waals surface area contributed by atoms with Crippen LogP contribution in [-0.2, 0) is 9.53 Å². The SMILES string of the molecule is CCNC(=NCCNC(=O)c1ccccc1O)N1CCC(C(=O)N2CCOCC2)CC1.I. The molecule has 0 aliphatic carbocycles. The van der Waals surface area contributed by atoms with Crippen LogP contribution in [0.2, 0.25) is 0 Å². The van der Waals surface area contributed by atoms with E-state index in [1.165, 1.54) is 6.07 Å². The van der Waals surface area contributed by atoms with E-state index in [1.54, 1.807) is 18.2 Å². The van der Waals surface area contributed by atoms with Crippen LogP contribution >= 0.6 is 24.0 Å². The highest BCUT2D eigenvalue weighted by Gasteiger charge is 2.30. The summed E-state index contributed by atoms with van der Waals surface area (Å²) in [4.78, 5) is 33.6. The number of amides is 2. The van der Waals surface area contributed by atoms with Crippen molar-refractivity contribution >= 4 is 41.8 Å². The second-order valence-electron chi connectivity index (χ2n) is 7.71. The quantitative estimate of drug-likeness (QED) is 0.210. The van der Waals surface area contributed by atoms with E-state index in [0.717, 1.165) is 38.4 Å². The van der Waals surface area contributed by atoms with E-state index >= 15 is 0 Å². The summed E-state index contributed by atoms with van der Waals surface area (Å²) in [5.41, 5.74) is 0.255. The zero-order chi connectivity index (χ0) is 22.1. The summed E-state index contributed by atoms with van der Waals surface area (Å²) in [5.74, 6) is 0.760. The molecule has 1 aromatic rings. The highest BCUT2D eigenvalue weighted by Crippen LogP contribution is 2.20. The number of hydrogen-bond donors (Lipinski definition) is 3. The van der Waals surface area contributed by atoms with E-state index in [1.807, 2.05) is 11.8 Å². The molecule has 0 aromatic heterocycles. The van der Waals surface area contributed by atoms with E-state index in [-0.39, 0.29) is 53.0 Å². The molecular formula is C22H34IN5O4. The lowest BCUT2D eigenvalue weighted by molar-refractivity contribution is -0.140. The first-order chi connectivity index (χ1) is 15.1. The van der Waals surface area contributed by atoms with Crippen molar-refractivity contribution in [2.24, 2.45) is 10.9 Å². The number of halogens is 1. The number of carbonyl (C=O) groups excluding carboxylic acids is 2. The predicted molar refractivity (Wildman–Crippen MR) is 134 cm³/mol. The number of rotatable bonds is 6. The standard InChI is InChI=1S/C22H33N5O4.HI/c1-2-23-22(25-10-9-24-20(29)18-5-3-4-6-19(18)28)27-11-7-17(8-12-27)21(30)26-13-15-31-16-14-26;/h3-6,17,28H,2,7-16H2,1H3,(H,23,25)(H,24,29);1H. The van der Waals surface area contributed by atoms with E-state index in [9.17, 15) is 14.7 Å². The molecule has 10 heteroatoms. The number of benzene rings is 1. The average Bonchev–Trinajstić information content (AvgIpc) is 2.81. The maximum atomic E-state index is 12.7. The number of ether oxygens (including phenoxy) is 1. The van der Waals surface area contributed by atoms with Gasteiger partial charge in [-0.3, -0.25) is 14.6 Å². The second-order valence-corrected chi connectivity index (χ2v) is 7.71. The number of nitrogens with one attached hydrogen (secondary N) is 2. The Labute approximate surface area is 206 Å². The molecule has 2 aliphatic rings. The van der Waals surface area contributed by atoms with Gasteiger partial charge < -0.3 is 30.3 Å². The minimum atomic E-state index is -0.319. The molecule has 0 radical (unpaired) electrons. The van der Waals surface area contributed by atoms with Crippen molar-refractivity contribution in [2.75, 3.05) is 59.0 Å². The average molecular weight is 559 g/mol. The number of guanidine groups is 1. The molecule has 0 saturated carbocycles. The number of para-hydroxylation sites is 1. The maximum Gasteiger partial charge on any atom is 0.255 e. The number of likely N-dealkylation sites (tertiary alicyclic amines) is 1. The van der Waals surface area contributed by atoms with Crippen LogP contribution in [0.5, 0.6) is 5.75 Å². The number of aromatic hydroxyl groups is 1. The van der Waals surface area contributed by atoms with Crippen molar-refractivity contribution in [1.82, 2.24) is 20.4 Å². The highest BCUT2D eigenvalue weighted by atomic mass is 127. The van der Waals surface area contributed by atoms with Crippen LogP contribution in [0.25, 0.3) is 0 Å². The lowest BCUT2D eigenvalue weighted by Crippen LogP contribution is -2.50. The molecule has 3 rings (SSSR count). The molecule has 2 aliphatic heterocycles. The first-order valence-corrected chi connectivity index (χ1v) is 11.1. The summed E-state index contributed by atoms with van der Waals surface area (Å²) in [7, 11) is 0. The lowest BCUT2D eigenvalue weighted by atomic mass is 9.95. The summed E-state index contributed by atoms with van der Waals surface area (Å²) in [5, 5.41) is 15.9. The van der Waals surface area contributed by atoms with Gasteiger partial charge in [0.25, 0.3) is 5.91 Å². The number of nitrogens with zero attached hydrogens (tertiary/aromatic N) is 3. The third-order valence-corrected chi connectivity index (χ3v) is 5.61. The molecule has 0 bridgehead atoms. The normalized spacial score (nSPS) is 17.5. The van der Waals surface area contributed by atoms with Crippen molar-refractivity contribution in [1.29, 1.82) is 0 Å². The van der Waals surface area contributed by atoms with Crippen LogP contribution < -0.4 is 10.6 Å². The molecular weight excluding hydrogens is 525 g/mol. The molecule has 1 aromatic carbocycles. The first-order valence-electron chi connectivity index (χ1n) is 11.1. The van der Waals surface area contributed by atoms with Crippen LogP contribution in [0.3, 0.4) is 0 Å².